The average Bonchev–Trinajstić information content (AvgIpc) is 2.82. The Kier molecular flexibility index (Phi) is 8.30. The van der Waals surface area contributed by atoms with Crippen LogP contribution in [0.5, 0.6) is 5.75 Å². The molecular formula is C24H24ClFN2O4S. The van der Waals surface area contributed by atoms with Crippen molar-refractivity contribution in [2.75, 3.05) is 24.5 Å². The highest BCUT2D eigenvalue weighted by Gasteiger charge is 2.29. The second-order valence-electron chi connectivity index (χ2n) is 7.22. The van der Waals surface area contributed by atoms with Crippen LogP contribution in [0.15, 0.2) is 77.7 Å². The SMILES string of the molecule is COc1ccc(S(=O)(=O)N(CC(=O)NCCCc2ccc(Cl)cc2)c2ccccc2F)cc1. The lowest BCUT2D eigenvalue weighted by Crippen LogP contribution is -2.41. The predicted molar refractivity (Wildman–Crippen MR) is 127 cm³/mol. The molecule has 0 heterocycles. The minimum Gasteiger partial charge on any atom is -0.497 e. The standard InChI is InChI=1S/C24H24ClFN2O4S/c1-32-20-12-14-21(15-13-20)33(30,31)28(23-7-3-2-6-22(23)26)17-24(29)27-16-4-5-18-8-10-19(25)11-9-18/h2-3,6-15H,4-5,16-17H2,1H3,(H,27,29). The molecule has 3 aromatic rings. The van der Waals surface area contributed by atoms with Gasteiger partial charge in [-0.3, -0.25) is 9.10 Å². The Morgan fingerprint density at radius 2 is 1.70 bits per heavy atom. The van der Waals surface area contributed by atoms with Gasteiger partial charge in [-0.2, -0.15) is 0 Å². The van der Waals surface area contributed by atoms with Crippen molar-refractivity contribution in [3.05, 3.63) is 89.2 Å². The second-order valence-corrected chi connectivity index (χ2v) is 9.52. The molecule has 6 nitrogen and oxygen atoms in total. The van der Waals surface area contributed by atoms with E-state index in [1.807, 2.05) is 12.1 Å². The van der Waals surface area contributed by atoms with Gasteiger partial charge in [0.25, 0.3) is 10.0 Å². The number of nitrogens with one attached hydrogen (secondary N) is 1. The van der Waals surface area contributed by atoms with Crippen LogP contribution in [-0.2, 0) is 21.2 Å². The first-order chi connectivity index (χ1) is 15.8. The van der Waals surface area contributed by atoms with E-state index in [0.29, 0.717) is 23.7 Å². The van der Waals surface area contributed by atoms with Gasteiger partial charge in [0.2, 0.25) is 5.91 Å². The smallest absolute Gasteiger partial charge is 0.264 e. The summed E-state index contributed by atoms with van der Waals surface area (Å²) in [6.07, 6.45) is 1.37. The number of methoxy groups -OCH3 is 1. The summed E-state index contributed by atoms with van der Waals surface area (Å²) in [5.74, 6) is -0.804. The third-order valence-corrected chi connectivity index (χ3v) is 6.96. The van der Waals surface area contributed by atoms with E-state index in [4.69, 9.17) is 16.3 Å². The van der Waals surface area contributed by atoms with E-state index < -0.39 is 28.3 Å². The third kappa shape index (κ3) is 6.46. The van der Waals surface area contributed by atoms with Crippen molar-refractivity contribution in [1.29, 1.82) is 0 Å². The minimum absolute atomic E-state index is 0.0814. The van der Waals surface area contributed by atoms with E-state index in [0.717, 1.165) is 22.4 Å². The molecule has 0 aromatic heterocycles. The number of halogens is 2. The van der Waals surface area contributed by atoms with Crippen LogP contribution in [0.1, 0.15) is 12.0 Å². The van der Waals surface area contributed by atoms with Crippen LogP contribution in [0.4, 0.5) is 10.1 Å². The van der Waals surface area contributed by atoms with E-state index in [9.17, 15) is 17.6 Å². The zero-order valence-corrected chi connectivity index (χ0v) is 19.6. The van der Waals surface area contributed by atoms with Gasteiger partial charge in [0, 0.05) is 11.6 Å². The summed E-state index contributed by atoms with van der Waals surface area (Å²) in [6.45, 7) is -0.217. The van der Waals surface area contributed by atoms with E-state index in [1.165, 1.54) is 49.6 Å². The fraction of sp³-hybridized carbons (Fsp3) is 0.208. The Balaban J connectivity index is 1.72. The normalized spacial score (nSPS) is 11.1. The number of nitrogens with zero attached hydrogens (tertiary/aromatic N) is 1. The van der Waals surface area contributed by atoms with Crippen LogP contribution in [0.2, 0.25) is 5.02 Å². The quantitative estimate of drug-likeness (QED) is 0.426. The first kappa shape index (κ1) is 24.5. The number of amides is 1. The zero-order chi connectivity index (χ0) is 23.8. The van der Waals surface area contributed by atoms with Crippen LogP contribution >= 0.6 is 11.6 Å². The summed E-state index contributed by atoms with van der Waals surface area (Å²) in [5, 5.41) is 3.36. The Morgan fingerprint density at radius 3 is 2.33 bits per heavy atom. The molecule has 3 aromatic carbocycles. The highest BCUT2D eigenvalue weighted by atomic mass is 35.5. The number of aryl methyl sites for hydroxylation is 1. The lowest BCUT2D eigenvalue weighted by atomic mass is 10.1. The van der Waals surface area contributed by atoms with E-state index in [-0.39, 0.29) is 10.6 Å². The number of carbonyl (C=O) groups excluding carboxylic acids is 1. The molecular weight excluding hydrogens is 467 g/mol. The van der Waals surface area contributed by atoms with E-state index in [2.05, 4.69) is 5.32 Å². The van der Waals surface area contributed by atoms with Gasteiger partial charge in [-0.1, -0.05) is 35.9 Å². The number of para-hydroxylation sites is 1. The Morgan fingerprint density at radius 1 is 1.03 bits per heavy atom. The highest BCUT2D eigenvalue weighted by molar-refractivity contribution is 7.92. The molecule has 0 bridgehead atoms. The molecule has 3 rings (SSSR count). The first-order valence-corrected chi connectivity index (χ1v) is 12.1. The van der Waals surface area contributed by atoms with Gasteiger partial charge in [0.05, 0.1) is 17.7 Å². The fourth-order valence-electron chi connectivity index (χ4n) is 3.19. The molecule has 0 saturated heterocycles. The summed E-state index contributed by atoms with van der Waals surface area (Å²) < 4.78 is 46.9. The molecule has 0 radical (unpaired) electrons. The maximum absolute atomic E-state index is 14.5. The maximum atomic E-state index is 14.5. The lowest BCUT2D eigenvalue weighted by Gasteiger charge is -2.24. The van der Waals surface area contributed by atoms with E-state index in [1.54, 1.807) is 12.1 Å². The molecule has 1 N–H and O–H groups in total. The predicted octanol–water partition coefficient (Wildman–Crippen LogP) is 4.43. The van der Waals surface area contributed by atoms with Crippen LogP contribution in [0.25, 0.3) is 0 Å². The summed E-state index contributed by atoms with van der Waals surface area (Å²) in [7, 11) is -2.75. The van der Waals surface area contributed by atoms with Gasteiger partial charge in [-0.25, -0.2) is 12.8 Å². The number of rotatable bonds is 10. The number of benzene rings is 3. The second kappa shape index (κ2) is 11.2. The van der Waals surface area contributed by atoms with Crippen molar-refractivity contribution in [1.82, 2.24) is 5.32 Å². The molecule has 0 aliphatic heterocycles. The summed E-state index contributed by atoms with van der Waals surface area (Å²) >= 11 is 5.88. The van der Waals surface area contributed by atoms with Crippen molar-refractivity contribution < 1.29 is 22.3 Å². The molecule has 0 fully saturated rings. The molecule has 0 unspecified atom stereocenters. The van der Waals surface area contributed by atoms with Crippen LogP contribution in [0.3, 0.4) is 0 Å². The van der Waals surface area contributed by atoms with Gasteiger partial charge in [0.1, 0.15) is 18.1 Å². The number of ether oxygens (including phenoxy) is 1. The van der Waals surface area contributed by atoms with Crippen LogP contribution in [0, 0.1) is 5.82 Å². The van der Waals surface area contributed by atoms with Crippen LogP contribution < -0.4 is 14.4 Å². The summed E-state index contributed by atoms with van der Waals surface area (Å²) in [6, 6.07) is 18.5. The van der Waals surface area contributed by atoms with Gasteiger partial charge in [-0.05, 0) is 66.9 Å². The summed E-state index contributed by atoms with van der Waals surface area (Å²) in [4.78, 5) is 12.5. The fourth-order valence-corrected chi connectivity index (χ4v) is 4.74. The monoisotopic (exact) mass is 490 g/mol. The number of hydrogen-bond acceptors (Lipinski definition) is 4. The maximum Gasteiger partial charge on any atom is 0.264 e. The Bertz CT molecular complexity index is 1190. The van der Waals surface area contributed by atoms with Crippen molar-refractivity contribution in [3.63, 3.8) is 0 Å². The van der Waals surface area contributed by atoms with Crippen molar-refractivity contribution >= 4 is 33.2 Å². The van der Waals surface area contributed by atoms with Crippen molar-refractivity contribution in [2.24, 2.45) is 0 Å². The molecule has 1 amide bonds. The van der Waals surface area contributed by atoms with Crippen molar-refractivity contribution in [2.45, 2.75) is 17.7 Å². The first-order valence-electron chi connectivity index (χ1n) is 10.2. The number of hydrogen-bond donors (Lipinski definition) is 1. The average molecular weight is 491 g/mol. The Labute approximate surface area is 198 Å². The molecule has 0 atom stereocenters. The topological polar surface area (TPSA) is 75.7 Å². The lowest BCUT2D eigenvalue weighted by molar-refractivity contribution is -0.119. The molecule has 0 spiro atoms. The molecule has 0 saturated carbocycles. The Hall–Kier alpha value is -3.10. The van der Waals surface area contributed by atoms with Crippen molar-refractivity contribution in [3.8, 4) is 5.75 Å². The largest absolute Gasteiger partial charge is 0.497 e. The molecule has 174 valence electrons. The molecule has 0 aliphatic carbocycles. The van der Waals surface area contributed by atoms with Gasteiger partial charge >= 0.3 is 0 Å². The number of sulfonamides is 1. The van der Waals surface area contributed by atoms with Crippen LogP contribution in [-0.4, -0.2) is 34.5 Å². The van der Waals surface area contributed by atoms with Gasteiger partial charge < -0.3 is 10.1 Å². The number of carbonyl (C=O) groups is 1. The summed E-state index contributed by atoms with van der Waals surface area (Å²) in [5.41, 5.74) is 0.869. The molecule has 0 aliphatic rings. The van der Waals surface area contributed by atoms with Gasteiger partial charge in [0.15, 0.2) is 0 Å². The third-order valence-electron chi connectivity index (χ3n) is 4.93. The zero-order valence-electron chi connectivity index (χ0n) is 18.0. The highest BCUT2D eigenvalue weighted by Crippen LogP contribution is 2.27. The van der Waals surface area contributed by atoms with Gasteiger partial charge in [-0.15, -0.1) is 0 Å². The number of anilines is 1. The minimum atomic E-state index is -4.21. The van der Waals surface area contributed by atoms with E-state index >= 15 is 0 Å². The molecule has 33 heavy (non-hydrogen) atoms. The molecule has 9 heteroatoms.